The molecule has 10 nitrogen and oxygen atoms in total. The van der Waals surface area contributed by atoms with Gasteiger partial charge >= 0.3 is 6.09 Å². The number of hydrogen-bond donors (Lipinski definition) is 2. The molecule has 180 valence electrons. The van der Waals surface area contributed by atoms with Crippen LogP contribution in [0.2, 0.25) is 0 Å². The van der Waals surface area contributed by atoms with E-state index < -0.39 is 6.09 Å². The Hall–Kier alpha value is -3.83. The molecule has 1 fully saturated rings. The van der Waals surface area contributed by atoms with Gasteiger partial charge in [-0.15, -0.1) is 11.3 Å². The monoisotopic (exact) mass is 491 g/mol. The lowest BCUT2D eigenvalue weighted by atomic mass is 10.2. The van der Waals surface area contributed by atoms with Crippen LogP contribution in [0.15, 0.2) is 42.7 Å². The van der Waals surface area contributed by atoms with Crippen molar-refractivity contribution < 1.29 is 14.3 Å². The molecule has 35 heavy (non-hydrogen) atoms. The topological polar surface area (TPSA) is 128 Å². The molecular weight excluding hydrogens is 466 g/mol. The van der Waals surface area contributed by atoms with Crippen LogP contribution in [0, 0.1) is 6.92 Å². The number of morpholine rings is 1. The molecule has 1 amide bonds. The summed E-state index contributed by atoms with van der Waals surface area (Å²) >= 11 is 1.58. The summed E-state index contributed by atoms with van der Waals surface area (Å²) in [6.45, 7) is 5.31. The van der Waals surface area contributed by atoms with Gasteiger partial charge in [-0.1, -0.05) is 30.3 Å². The molecule has 1 aromatic carbocycles. The number of carbonyl (C=O) groups is 1. The fourth-order valence-corrected chi connectivity index (χ4v) is 4.99. The minimum Gasteiger partial charge on any atom is -0.445 e. The van der Waals surface area contributed by atoms with Gasteiger partial charge in [0.2, 0.25) is 5.95 Å². The van der Waals surface area contributed by atoms with Gasteiger partial charge in [0, 0.05) is 30.4 Å². The van der Waals surface area contributed by atoms with E-state index in [1.807, 2.05) is 37.3 Å². The Labute approximate surface area is 206 Å². The Morgan fingerprint density at radius 1 is 1.17 bits per heavy atom. The Bertz CT molecular complexity index is 1320. The zero-order valence-corrected chi connectivity index (χ0v) is 20.0. The summed E-state index contributed by atoms with van der Waals surface area (Å²) in [5, 5.41) is 2.86. The number of hydrogen-bond acceptors (Lipinski definition) is 10. The van der Waals surface area contributed by atoms with E-state index in [1.165, 1.54) is 0 Å². The fraction of sp³-hybridized carbons (Fsp3) is 0.292. The number of rotatable bonds is 6. The third kappa shape index (κ3) is 5.15. The summed E-state index contributed by atoms with van der Waals surface area (Å²) in [4.78, 5) is 33.4. The van der Waals surface area contributed by atoms with Crippen molar-refractivity contribution in [1.29, 1.82) is 0 Å². The lowest BCUT2D eigenvalue weighted by Crippen LogP contribution is -2.36. The second kappa shape index (κ2) is 10.2. The lowest BCUT2D eigenvalue weighted by Gasteiger charge is -2.28. The molecule has 3 N–H and O–H groups in total. The van der Waals surface area contributed by atoms with E-state index in [-0.39, 0.29) is 12.6 Å². The molecule has 1 aliphatic heterocycles. The number of carbonyl (C=O) groups excluding carboxylic acids is 1. The quantitative estimate of drug-likeness (QED) is 0.417. The summed E-state index contributed by atoms with van der Waals surface area (Å²) in [6.07, 6.45) is 2.78. The van der Waals surface area contributed by atoms with Crippen LogP contribution in [-0.4, -0.2) is 52.3 Å². The van der Waals surface area contributed by atoms with Crippen LogP contribution >= 0.6 is 11.3 Å². The number of aryl methyl sites for hydroxylation is 1. The van der Waals surface area contributed by atoms with Crippen molar-refractivity contribution in [3.63, 3.8) is 0 Å². The van der Waals surface area contributed by atoms with Gasteiger partial charge in [0.05, 0.1) is 35.5 Å². The summed E-state index contributed by atoms with van der Waals surface area (Å²) < 4.78 is 11.9. The number of nitrogens with one attached hydrogen (secondary N) is 1. The number of thiophene rings is 1. The first-order valence-electron chi connectivity index (χ1n) is 11.2. The van der Waals surface area contributed by atoms with E-state index in [9.17, 15) is 4.79 Å². The summed E-state index contributed by atoms with van der Waals surface area (Å²) in [5.74, 6) is 1.57. The number of amides is 1. The number of benzene rings is 1. The predicted octanol–water partition coefficient (Wildman–Crippen LogP) is 3.30. The van der Waals surface area contributed by atoms with Crippen LogP contribution in [0.4, 0.5) is 16.6 Å². The molecule has 11 heteroatoms. The number of nitrogens with zero attached hydrogens (tertiary/aromatic N) is 5. The molecule has 4 aromatic rings. The second-order valence-electron chi connectivity index (χ2n) is 8.04. The third-order valence-electron chi connectivity index (χ3n) is 5.69. The van der Waals surface area contributed by atoms with E-state index in [0.29, 0.717) is 31.1 Å². The zero-order chi connectivity index (χ0) is 24.2. The number of anilines is 2. The Morgan fingerprint density at radius 2 is 1.91 bits per heavy atom. The summed E-state index contributed by atoms with van der Waals surface area (Å²) in [7, 11) is 0. The molecule has 5 rings (SSSR count). The maximum absolute atomic E-state index is 12.3. The molecule has 3 aromatic heterocycles. The highest BCUT2D eigenvalue weighted by Crippen LogP contribution is 2.37. The third-order valence-corrected chi connectivity index (χ3v) is 6.97. The highest BCUT2D eigenvalue weighted by molar-refractivity contribution is 7.19. The molecule has 0 radical (unpaired) electrons. The van der Waals surface area contributed by atoms with Crippen LogP contribution < -0.4 is 16.0 Å². The highest BCUT2D eigenvalue weighted by Gasteiger charge is 2.22. The average Bonchev–Trinajstić information content (AvgIpc) is 3.22. The first-order valence-corrected chi connectivity index (χ1v) is 12.1. The number of ether oxygens (including phenoxy) is 2. The molecule has 1 saturated heterocycles. The van der Waals surface area contributed by atoms with Gasteiger partial charge in [0.15, 0.2) is 11.6 Å². The molecule has 0 aliphatic carbocycles. The van der Waals surface area contributed by atoms with Gasteiger partial charge in [0.25, 0.3) is 0 Å². The van der Waals surface area contributed by atoms with Crippen molar-refractivity contribution in [1.82, 2.24) is 25.3 Å². The van der Waals surface area contributed by atoms with E-state index in [4.69, 9.17) is 25.2 Å². The van der Waals surface area contributed by atoms with Gasteiger partial charge in [-0.25, -0.2) is 24.7 Å². The van der Waals surface area contributed by atoms with Crippen molar-refractivity contribution in [3.8, 4) is 11.4 Å². The first-order chi connectivity index (χ1) is 17.1. The number of fused-ring (bicyclic) bond motifs is 1. The van der Waals surface area contributed by atoms with Crippen LogP contribution in [0.3, 0.4) is 0 Å². The summed E-state index contributed by atoms with van der Waals surface area (Å²) in [6, 6.07) is 9.58. The van der Waals surface area contributed by atoms with Crippen molar-refractivity contribution in [2.75, 3.05) is 36.9 Å². The normalized spacial score (nSPS) is 13.7. The maximum atomic E-state index is 12.3. The predicted molar refractivity (Wildman–Crippen MR) is 134 cm³/mol. The standard InChI is InChI=1S/C24H25N7O3S/c1-15-18(13-28-24(32)34-14-16-5-3-2-4-6-16)35-20-19(15)29-21(17-11-26-23(25)27-12-17)30-22(20)31-7-9-33-10-8-31/h2-6,11-12H,7-10,13-14H2,1H3,(H,28,32)(H2,25,26,27). The van der Waals surface area contributed by atoms with Gasteiger partial charge in [-0.3, -0.25) is 0 Å². The molecule has 4 heterocycles. The van der Waals surface area contributed by atoms with Crippen LogP contribution in [0.5, 0.6) is 0 Å². The molecule has 0 bridgehead atoms. The van der Waals surface area contributed by atoms with Gasteiger partial charge in [-0.2, -0.15) is 0 Å². The Balaban J connectivity index is 1.41. The fourth-order valence-electron chi connectivity index (χ4n) is 3.79. The lowest BCUT2D eigenvalue weighted by molar-refractivity contribution is 0.122. The van der Waals surface area contributed by atoms with E-state index in [0.717, 1.165) is 45.1 Å². The molecular formula is C24H25N7O3S. The van der Waals surface area contributed by atoms with Gasteiger partial charge < -0.3 is 25.4 Å². The second-order valence-corrected chi connectivity index (χ2v) is 9.15. The van der Waals surface area contributed by atoms with E-state index in [2.05, 4.69) is 20.2 Å². The van der Waals surface area contributed by atoms with E-state index in [1.54, 1.807) is 23.7 Å². The average molecular weight is 492 g/mol. The minimum atomic E-state index is -0.468. The number of aromatic nitrogens is 4. The van der Waals surface area contributed by atoms with Crippen molar-refractivity contribution >= 4 is 39.4 Å². The van der Waals surface area contributed by atoms with Crippen LogP contribution in [0.25, 0.3) is 21.6 Å². The molecule has 0 spiro atoms. The Morgan fingerprint density at radius 3 is 2.66 bits per heavy atom. The van der Waals surface area contributed by atoms with Crippen molar-refractivity contribution in [2.24, 2.45) is 0 Å². The first kappa shape index (κ1) is 22.9. The van der Waals surface area contributed by atoms with Crippen molar-refractivity contribution in [3.05, 3.63) is 58.7 Å². The Kier molecular flexibility index (Phi) is 6.68. The van der Waals surface area contributed by atoms with Gasteiger partial charge in [-0.05, 0) is 18.1 Å². The van der Waals surface area contributed by atoms with Crippen molar-refractivity contribution in [2.45, 2.75) is 20.1 Å². The molecule has 0 atom stereocenters. The molecule has 1 aliphatic rings. The zero-order valence-electron chi connectivity index (χ0n) is 19.2. The number of nitrogen functional groups attached to an aromatic ring is 1. The highest BCUT2D eigenvalue weighted by atomic mass is 32.1. The maximum Gasteiger partial charge on any atom is 0.407 e. The number of nitrogens with two attached hydrogens (primary N) is 1. The minimum absolute atomic E-state index is 0.197. The molecule has 0 unspecified atom stereocenters. The van der Waals surface area contributed by atoms with Crippen LogP contribution in [-0.2, 0) is 22.6 Å². The smallest absolute Gasteiger partial charge is 0.407 e. The van der Waals surface area contributed by atoms with Crippen LogP contribution in [0.1, 0.15) is 16.0 Å². The summed E-state index contributed by atoms with van der Waals surface area (Å²) in [5.41, 5.74) is 9.10. The SMILES string of the molecule is Cc1c(CNC(=O)OCc2ccccc2)sc2c(N3CCOCC3)nc(-c3cnc(N)nc3)nc12. The van der Waals surface area contributed by atoms with E-state index >= 15 is 0 Å². The molecule has 0 saturated carbocycles. The number of alkyl carbamates (subject to hydrolysis) is 1. The van der Waals surface area contributed by atoms with Gasteiger partial charge in [0.1, 0.15) is 6.61 Å². The largest absolute Gasteiger partial charge is 0.445 e.